The first-order valence-electron chi connectivity index (χ1n) is 14.2. The van der Waals surface area contributed by atoms with Crippen LogP contribution >= 0.6 is 0 Å². The zero-order valence-corrected chi connectivity index (χ0v) is 24.1. The highest BCUT2D eigenvalue weighted by Crippen LogP contribution is 2.77. The van der Waals surface area contributed by atoms with Gasteiger partial charge in [-0.15, -0.1) is 0 Å². The van der Waals surface area contributed by atoms with Gasteiger partial charge in [0.2, 0.25) is 0 Å². The third-order valence-corrected chi connectivity index (χ3v) is 10.3. The highest BCUT2D eigenvalue weighted by molar-refractivity contribution is 6.00. The van der Waals surface area contributed by atoms with Gasteiger partial charge in [0.1, 0.15) is 6.10 Å². The first kappa shape index (κ1) is 28.5. The smallest absolute Gasteiger partial charge is 0.333 e. The summed E-state index contributed by atoms with van der Waals surface area (Å²) < 4.78 is 12.6. The summed E-state index contributed by atoms with van der Waals surface area (Å²) in [6, 6.07) is 9.32. The largest absolute Gasteiger partial charge is 0.454 e. The van der Waals surface area contributed by atoms with E-state index < -0.39 is 64.2 Å². The van der Waals surface area contributed by atoms with E-state index in [0.29, 0.717) is 23.1 Å². The monoisotopic (exact) mass is 548 g/mol. The third kappa shape index (κ3) is 3.96. The number of esters is 2. The number of carbonyl (C=O) groups excluding carboxylic acids is 3. The molecule has 2 fully saturated rings. The number of allylic oxidation sites excluding steroid dienone is 2. The predicted octanol–water partition coefficient (Wildman–Crippen LogP) is 4.13. The Morgan fingerprint density at radius 3 is 2.42 bits per heavy atom. The van der Waals surface area contributed by atoms with Crippen LogP contribution in [0.5, 0.6) is 0 Å². The van der Waals surface area contributed by atoms with Crippen LogP contribution in [0.15, 0.2) is 65.3 Å². The molecule has 0 radical (unpaired) electrons. The van der Waals surface area contributed by atoms with Gasteiger partial charge in [-0.05, 0) is 43.9 Å². The summed E-state index contributed by atoms with van der Waals surface area (Å²) in [6.07, 6.45) is 4.86. The minimum atomic E-state index is -1.47. The van der Waals surface area contributed by atoms with Crippen molar-refractivity contribution >= 4 is 17.7 Å². The molecule has 1 aromatic rings. The van der Waals surface area contributed by atoms with Crippen LogP contribution in [-0.2, 0) is 30.3 Å². The molecular weight excluding hydrogens is 508 g/mol. The van der Waals surface area contributed by atoms with E-state index in [2.05, 4.69) is 0 Å². The van der Waals surface area contributed by atoms with E-state index in [1.165, 1.54) is 0 Å². The highest BCUT2D eigenvalue weighted by atomic mass is 16.6. The summed E-state index contributed by atoms with van der Waals surface area (Å²) in [5.74, 6) is -3.69. The van der Waals surface area contributed by atoms with Crippen molar-refractivity contribution in [3.8, 4) is 0 Å². The van der Waals surface area contributed by atoms with Gasteiger partial charge < -0.3 is 19.7 Å². The SMILES string of the molecule is C/C=C(\C)C(=O)O[C@@H]1[C@@H](C)[C@]2(O)[C@@H]3C=C(C)C(=O)[C@@H]3CC(CO)=C[C@H]2[C@@H]2C(C)(C)[C@]12OC(=O)Cc1ccccc1. The molecule has 1 aromatic carbocycles. The summed E-state index contributed by atoms with van der Waals surface area (Å²) in [7, 11) is 0. The molecule has 8 atom stereocenters. The van der Waals surface area contributed by atoms with E-state index in [0.717, 1.165) is 5.56 Å². The molecule has 5 rings (SSSR count). The Labute approximate surface area is 235 Å². The Balaban J connectivity index is 1.64. The van der Waals surface area contributed by atoms with E-state index in [4.69, 9.17) is 9.47 Å². The van der Waals surface area contributed by atoms with Gasteiger partial charge in [-0.1, -0.05) is 69.3 Å². The van der Waals surface area contributed by atoms with Crippen molar-refractivity contribution in [2.24, 2.45) is 35.0 Å². The van der Waals surface area contributed by atoms with Crippen LogP contribution in [0, 0.1) is 35.0 Å². The molecule has 4 aliphatic rings. The van der Waals surface area contributed by atoms with E-state index in [9.17, 15) is 24.6 Å². The van der Waals surface area contributed by atoms with Gasteiger partial charge in [0, 0.05) is 40.6 Å². The Morgan fingerprint density at radius 2 is 1.80 bits per heavy atom. The van der Waals surface area contributed by atoms with Gasteiger partial charge in [-0.25, -0.2) is 4.79 Å². The first-order chi connectivity index (χ1) is 18.8. The Hall–Kier alpha value is -3.03. The van der Waals surface area contributed by atoms with Gasteiger partial charge >= 0.3 is 11.9 Å². The number of hydrogen-bond donors (Lipinski definition) is 2. The number of hydrogen-bond acceptors (Lipinski definition) is 7. The second-order valence-electron chi connectivity index (χ2n) is 12.7. The fourth-order valence-electron chi connectivity index (χ4n) is 8.07. The van der Waals surface area contributed by atoms with Gasteiger partial charge in [-0.3, -0.25) is 9.59 Å². The molecule has 2 N–H and O–H groups in total. The van der Waals surface area contributed by atoms with E-state index >= 15 is 0 Å². The Kier molecular flexibility index (Phi) is 6.99. The average molecular weight is 549 g/mol. The second-order valence-corrected chi connectivity index (χ2v) is 12.7. The van der Waals surface area contributed by atoms with Crippen LogP contribution in [0.2, 0.25) is 0 Å². The van der Waals surface area contributed by atoms with Crippen LogP contribution < -0.4 is 0 Å². The number of rotatable bonds is 6. The molecule has 0 spiro atoms. The quantitative estimate of drug-likeness (QED) is 0.313. The molecular formula is C33H40O7. The topological polar surface area (TPSA) is 110 Å². The maximum absolute atomic E-state index is 13.5. The number of carbonyl (C=O) groups is 3. The van der Waals surface area contributed by atoms with Crippen LogP contribution in [0.4, 0.5) is 0 Å². The van der Waals surface area contributed by atoms with Crippen LogP contribution in [-0.4, -0.2) is 51.8 Å². The zero-order valence-electron chi connectivity index (χ0n) is 24.1. The fraction of sp³-hybridized carbons (Fsp3) is 0.545. The number of benzene rings is 1. The molecule has 0 saturated heterocycles. The summed E-state index contributed by atoms with van der Waals surface area (Å²) in [5, 5.41) is 23.0. The van der Waals surface area contributed by atoms with Crippen molar-refractivity contribution in [3.63, 3.8) is 0 Å². The Morgan fingerprint density at radius 1 is 1.12 bits per heavy atom. The number of Topliss-reactive ketones (excluding diaryl/α,β-unsaturated/α-hetero) is 1. The highest BCUT2D eigenvalue weighted by Gasteiger charge is 2.87. The predicted molar refractivity (Wildman–Crippen MR) is 149 cm³/mol. The van der Waals surface area contributed by atoms with Crippen LogP contribution in [0.3, 0.4) is 0 Å². The molecule has 0 amide bonds. The van der Waals surface area contributed by atoms with Crippen molar-refractivity contribution < 1.29 is 34.1 Å². The molecule has 0 aliphatic heterocycles. The molecule has 7 heteroatoms. The third-order valence-electron chi connectivity index (χ3n) is 10.3. The van der Waals surface area contributed by atoms with Crippen molar-refractivity contribution in [2.45, 2.75) is 71.7 Å². The molecule has 40 heavy (non-hydrogen) atoms. The number of ketones is 1. The van der Waals surface area contributed by atoms with E-state index in [-0.39, 0.29) is 18.8 Å². The molecule has 2 saturated carbocycles. The van der Waals surface area contributed by atoms with E-state index in [1.54, 1.807) is 26.8 Å². The summed E-state index contributed by atoms with van der Waals surface area (Å²) in [5.41, 5.74) is -0.845. The van der Waals surface area contributed by atoms with Gasteiger partial charge in [-0.2, -0.15) is 0 Å². The van der Waals surface area contributed by atoms with Crippen molar-refractivity contribution in [2.75, 3.05) is 6.61 Å². The van der Waals surface area contributed by atoms with Gasteiger partial charge in [0.25, 0.3) is 0 Å². The lowest BCUT2D eigenvalue weighted by atomic mass is 9.59. The number of fused-ring (bicyclic) bond motifs is 5. The van der Waals surface area contributed by atoms with Gasteiger partial charge in [0.15, 0.2) is 11.4 Å². The lowest BCUT2D eigenvalue weighted by Crippen LogP contribution is -2.63. The maximum Gasteiger partial charge on any atom is 0.333 e. The summed E-state index contributed by atoms with van der Waals surface area (Å²) in [6.45, 7) is 10.7. The summed E-state index contributed by atoms with van der Waals surface area (Å²) >= 11 is 0. The number of ether oxygens (including phenoxy) is 2. The van der Waals surface area contributed by atoms with E-state index in [1.807, 2.05) is 63.3 Å². The van der Waals surface area contributed by atoms with Gasteiger partial charge in [0.05, 0.1) is 18.6 Å². The fourth-order valence-corrected chi connectivity index (χ4v) is 8.07. The molecule has 4 aliphatic carbocycles. The van der Waals surface area contributed by atoms with Crippen LogP contribution in [0.25, 0.3) is 0 Å². The molecule has 0 heterocycles. The van der Waals surface area contributed by atoms with Crippen LogP contribution in [0.1, 0.15) is 53.5 Å². The zero-order chi connectivity index (χ0) is 29.2. The molecule has 0 bridgehead atoms. The summed E-state index contributed by atoms with van der Waals surface area (Å²) in [4.78, 5) is 39.9. The number of aliphatic hydroxyl groups excluding tert-OH is 1. The molecule has 0 unspecified atom stereocenters. The maximum atomic E-state index is 13.5. The average Bonchev–Trinajstić information content (AvgIpc) is 3.32. The number of aliphatic hydroxyl groups is 2. The van der Waals surface area contributed by atoms with Crippen molar-refractivity contribution in [1.29, 1.82) is 0 Å². The molecule has 0 aromatic heterocycles. The lowest BCUT2D eigenvalue weighted by molar-refractivity contribution is -0.218. The normalized spacial score (nSPS) is 37.7. The standard InChI is InChI=1S/C33H40O7/c1-7-18(2)30(37)39-29-20(4)32(38)24-13-19(3)27(36)23(24)14-22(17-34)15-25(32)28-31(5,6)33(28,29)40-26(35)16-21-11-9-8-10-12-21/h7-13,15,20,23-25,28-29,34,38H,14,16-17H2,1-6H3/b18-7+/t20-,23-,24-,25+,28-,29-,32+,33-/m1/s1. The minimum absolute atomic E-state index is 0.0369. The van der Waals surface area contributed by atoms with Crippen molar-refractivity contribution in [3.05, 3.63) is 70.8 Å². The Bertz CT molecular complexity index is 1320. The molecule has 7 nitrogen and oxygen atoms in total. The molecule has 214 valence electrons. The second kappa shape index (κ2) is 9.81. The lowest BCUT2D eigenvalue weighted by Gasteiger charge is -2.52. The minimum Gasteiger partial charge on any atom is -0.454 e. The first-order valence-corrected chi connectivity index (χ1v) is 14.2. The van der Waals surface area contributed by atoms with Crippen molar-refractivity contribution in [1.82, 2.24) is 0 Å².